The van der Waals surface area contributed by atoms with Crippen LogP contribution in [0.1, 0.15) is 61.0 Å². The van der Waals surface area contributed by atoms with E-state index in [-0.39, 0.29) is 39.1 Å². The van der Waals surface area contributed by atoms with E-state index in [1.807, 2.05) is 43.1 Å². The van der Waals surface area contributed by atoms with Crippen molar-refractivity contribution in [1.82, 2.24) is 0 Å². The maximum Gasteiger partial charge on any atom is 0.200 e. The second kappa shape index (κ2) is 8.12. The minimum Gasteiger partial charge on any atom is -0.367 e. The van der Waals surface area contributed by atoms with E-state index in [0.29, 0.717) is 10.4 Å². The summed E-state index contributed by atoms with van der Waals surface area (Å²) in [5.74, 6) is -0.0519. The number of nitrogens with zero attached hydrogens (tertiary/aromatic N) is 1. The van der Waals surface area contributed by atoms with Crippen LogP contribution in [0.4, 0.5) is 5.69 Å². The van der Waals surface area contributed by atoms with Crippen LogP contribution in [-0.4, -0.2) is 13.1 Å². The van der Waals surface area contributed by atoms with E-state index in [0.717, 1.165) is 5.69 Å². The van der Waals surface area contributed by atoms with Gasteiger partial charge in [0.15, 0.2) is 10.9 Å². The Hall–Kier alpha value is -2.33. The van der Waals surface area contributed by atoms with Crippen LogP contribution in [0.3, 0.4) is 0 Å². The molecule has 0 saturated heterocycles. The van der Waals surface area contributed by atoms with Crippen LogP contribution < -0.4 is 26.2 Å². The molecule has 3 nitrogen and oxygen atoms in total. The van der Waals surface area contributed by atoms with E-state index in [1.54, 1.807) is 0 Å². The molecule has 34 heavy (non-hydrogen) atoms. The molecule has 4 heteroatoms. The van der Waals surface area contributed by atoms with Crippen molar-refractivity contribution in [3.63, 3.8) is 0 Å². The molecule has 2 aliphatic rings. The lowest BCUT2D eigenvalue weighted by Crippen LogP contribution is -2.65. The van der Waals surface area contributed by atoms with Crippen molar-refractivity contribution in [2.24, 2.45) is 16.7 Å². The number of benzene rings is 1. The van der Waals surface area contributed by atoms with E-state index in [9.17, 15) is 9.59 Å². The summed E-state index contributed by atoms with van der Waals surface area (Å²) < 4.78 is 0. The normalized spacial score (nSPS) is 20.7. The summed E-state index contributed by atoms with van der Waals surface area (Å²) in [6, 6.07) is 8.28. The third-order valence-corrected chi connectivity index (χ3v) is 9.12. The molecular weight excluding hydrogens is 438 g/mol. The van der Waals surface area contributed by atoms with E-state index < -0.39 is 0 Å². The number of para-hydroxylation sites is 1. The predicted molar refractivity (Wildman–Crippen MR) is 147 cm³/mol. The summed E-state index contributed by atoms with van der Waals surface area (Å²) in [6.07, 6.45) is 8.18. The number of hydrogen-bond donors (Lipinski definition) is 0. The lowest BCUT2D eigenvalue weighted by Gasteiger charge is -2.33. The summed E-state index contributed by atoms with van der Waals surface area (Å²) in [5, 5.41) is 0.655. The first kappa shape index (κ1) is 24.8. The van der Waals surface area contributed by atoms with Crippen molar-refractivity contribution in [1.29, 1.82) is 0 Å². The Labute approximate surface area is 207 Å². The van der Waals surface area contributed by atoms with Gasteiger partial charge in [-0.1, -0.05) is 104 Å². The topological polar surface area (TPSA) is 37.4 Å². The highest BCUT2D eigenvalue weighted by molar-refractivity contribution is 8.06. The molecular formula is C30H37NO2S. The quantitative estimate of drug-likeness (QED) is 0.622. The van der Waals surface area contributed by atoms with Gasteiger partial charge in [-0.15, -0.1) is 0 Å². The number of hydrogen-bond acceptors (Lipinski definition) is 4. The second-order valence-corrected chi connectivity index (χ2v) is 13.4. The number of rotatable bonds is 2. The van der Waals surface area contributed by atoms with Gasteiger partial charge in [-0.25, -0.2) is 0 Å². The van der Waals surface area contributed by atoms with Gasteiger partial charge >= 0.3 is 0 Å². The summed E-state index contributed by atoms with van der Waals surface area (Å²) in [6.45, 7) is 17.6. The maximum atomic E-state index is 13.2. The third kappa shape index (κ3) is 4.15. The molecule has 1 atom stereocenters. The molecule has 0 spiro atoms. The first-order chi connectivity index (χ1) is 15.6. The van der Waals surface area contributed by atoms with Crippen LogP contribution in [0.5, 0.6) is 0 Å². The van der Waals surface area contributed by atoms with Crippen molar-refractivity contribution in [3.8, 4) is 0 Å². The Morgan fingerprint density at radius 3 is 1.85 bits per heavy atom. The summed E-state index contributed by atoms with van der Waals surface area (Å²) in [4.78, 5) is 31.1. The van der Waals surface area contributed by atoms with E-state index >= 15 is 0 Å². The molecule has 2 heterocycles. The SMILES string of the molecule is CN1c2ccccc2C(C)(C)C1C=c1c(=O)c(=CC2C=C(C(C)(C)C)SC(C(C)(C)C)=C2)c1=O. The third-order valence-electron chi connectivity index (χ3n) is 7.18. The molecule has 0 aromatic heterocycles. The zero-order chi connectivity index (χ0) is 25.2. The number of fused-ring (bicyclic) bond motifs is 1. The lowest BCUT2D eigenvalue weighted by atomic mass is 9.80. The highest BCUT2D eigenvalue weighted by Gasteiger charge is 2.41. The molecule has 0 fully saturated rings. The number of allylic oxidation sites excluding steroid dienone is 4. The molecule has 0 bridgehead atoms. The molecule has 0 aliphatic carbocycles. The molecule has 2 aromatic carbocycles. The fraction of sp³-hybridized carbons (Fsp3) is 0.467. The largest absolute Gasteiger partial charge is 0.367 e. The van der Waals surface area contributed by atoms with Crippen molar-refractivity contribution in [2.45, 2.75) is 66.8 Å². The molecule has 1 unspecified atom stereocenters. The van der Waals surface area contributed by atoms with Crippen molar-refractivity contribution >= 4 is 29.6 Å². The van der Waals surface area contributed by atoms with Crippen LogP contribution in [0.15, 0.2) is 55.8 Å². The highest BCUT2D eigenvalue weighted by Crippen LogP contribution is 2.49. The van der Waals surface area contributed by atoms with Crippen LogP contribution in [-0.2, 0) is 5.41 Å². The zero-order valence-electron chi connectivity index (χ0n) is 21.9. The Morgan fingerprint density at radius 1 is 0.853 bits per heavy atom. The minimum absolute atomic E-state index is 0.0124. The first-order valence-electron chi connectivity index (χ1n) is 12.1. The predicted octanol–water partition coefficient (Wildman–Crippen LogP) is 4.86. The van der Waals surface area contributed by atoms with E-state index in [1.165, 1.54) is 15.4 Å². The zero-order valence-corrected chi connectivity index (χ0v) is 22.8. The fourth-order valence-electron chi connectivity index (χ4n) is 5.01. The molecule has 4 rings (SSSR count). The van der Waals surface area contributed by atoms with Crippen LogP contribution in [0.25, 0.3) is 12.2 Å². The Balaban J connectivity index is 1.76. The fourth-order valence-corrected chi connectivity index (χ4v) is 6.31. The highest BCUT2D eigenvalue weighted by atomic mass is 32.2. The van der Waals surface area contributed by atoms with Gasteiger partial charge in [-0.2, -0.15) is 0 Å². The van der Waals surface area contributed by atoms with Crippen LogP contribution in [0, 0.1) is 16.7 Å². The maximum absolute atomic E-state index is 13.2. The van der Waals surface area contributed by atoms with Crippen molar-refractivity contribution in [3.05, 3.63) is 82.7 Å². The Kier molecular flexibility index (Phi) is 5.92. The van der Waals surface area contributed by atoms with Crippen molar-refractivity contribution < 1.29 is 0 Å². The number of likely N-dealkylation sites (N-methyl/N-ethyl adjacent to an activating group) is 1. The Morgan fingerprint density at radius 2 is 1.35 bits per heavy atom. The van der Waals surface area contributed by atoms with Gasteiger partial charge in [0.1, 0.15) is 0 Å². The van der Waals surface area contributed by atoms with Crippen LogP contribution >= 0.6 is 11.8 Å². The molecule has 2 aromatic rings. The van der Waals surface area contributed by atoms with E-state index in [4.69, 9.17) is 0 Å². The standard InChI is InChI=1S/C30H37NO2S/c1-28(2,3)24-15-18(16-25(34-24)29(4,5)6)14-19-26(32)20(27(19)33)17-23-30(7,8)21-12-10-11-13-22(21)31(23)9/h10-18,23H,1-9H3. The van der Waals surface area contributed by atoms with Gasteiger partial charge in [0.2, 0.25) is 0 Å². The molecule has 2 aliphatic heterocycles. The summed E-state index contributed by atoms with van der Waals surface area (Å²) in [5.41, 5.74) is 1.99. The second-order valence-electron chi connectivity index (χ2n) is 12.4. The van der Waals surface area contributed by atoms with Gasteiger partial charge in [-0.3, -0.25) is 9.59 Å². The number of thioether (sulfide) groups is 1. The molecule has 0 amide bonds. The van der Waals surface area contributed by atoms with Crippen molar-refractivity contribution in [2.75, 3.05) is 11.9 Å². The minimum atomic E-state index is -0.187. The van der Waals surface area contributed by atoms with Crippen LogP contribution in [0.2, 0.25) is 0 Å². The van der Waals surface area contributed by atoms with Gasteiger partial charge in [0, 0.05) is 24.1 Å². The van der Waals surface area contributed by atoms with Gasteiger partial charge in [0.05, 0.1) is 16.5 Å². The molecule has 0 radical (unpaired) electrons. The average molecular weight is 476 g/mol. The van der Waals surface area contributed by atoms with E-state index in [2.05, 4.69) is 84.6 Å². The first-order valence-corrected chi connectivity index (χ1v) is 12.9. The smallest absolute Gasteiger partial charge is 0.200 e. The lowest BCUT2D eigenvalue weighted by molar-refractivity contribution is 0.504. The van der Waals surface area contributed by atoms with Gasteiger partial charge < -0.3 is 4.90 Å². The number of anilines is 1. The Bertz CT molecular complexity index is 1320. The summed E-state index contributed by atoms with van der Waals surface area (Å²) in [7, 11) is 2.04. The molecule has 180 valence electrons. The van der Waals surface area contributed by atoms with Gasteiger partial charge in [-0.05, 0) is 38.3 Å². The summed E-state index contributed by atoms with van der Waals surface area (Å²) >= 11 is 1.83. The average Bonchev–Trinajstić information content (AvgIpc) is 2.94. The monoisotopic (exact) mass is 475 g/mol. The van der Waals surface area contributed by atoms with Gasteiger partial charge in [0.25, 0.3) is 0 Å². The molecule has 0 N–H and O–H groups in total. The molecule has 0 saturated carbocycles.